The van der Waals surface area contributed by atoms with Crippen LogP contribution in [0.1, 0.15) is 43.2 Å². The number of benzene rings is 1. The number of likely N-dealkylation sites (tertiary alicyclic amines) is 1. The standard InChI is InChI=1S/C24H24ClN7O4/c25-16-3-4-17-20(15(16)12-26)31(10-9-30-7-5-14(33)6-8-30)24(34)21-19(27-13-32(17)21)22-28-23(36-29-22)18-2-1-11-35-18/h3-4,13-14,18,33H,1-2,5-11H2. The van der Waals surface area contributed by atoms with Crippen molar-refractivity contribution >= 4 is 28.2 Å². The minimum atomic E-state index is -0.325. The molecule has 6 rings (SSSR count). The lowest BCUT2D eigenvalue weighted by Crippen LogP contribution is -2.39. The van der Waals surface area contributed by atoms with Gasteiger partial charge in [-0.25, -0.2) is 4.98 Å². The van der Waals surface area contributed by atoms with Crippen molar-refractivity contribution in [1.29, 1.82) is 5.26 Å². The fourth-order valence-electron chi connectivity index (χ4n) is 5.09. The molecule has 2 aliphatic rings. The number of nitriles is 1. The third kappa shape index (κ3) is 3.87. The summed E-state index contributed by atoms with van der Waals surface area (Å²) in [5.74, 6) is 0.584. The number of aliphatic hydroxyl groups excluding tert-OH is 1. The summed E-state index contributed by atoms with van der Waals surface area (Å²) in [6.45, 7) is 3.06. The van der Waals surface area contributed by atoms with Gasteiger partial charge in [-0.2, -0.15) is 10.2 Å². The van der Waals surface area contributed by atoms with Gasteiger partial charge in [0, 0.05) is 32.8 Å². The zero-order valence-electron chi connectivity index (χ0n) is 19.4. The zero-order chi connectivity index (χ0) is 24.8. The van der Waals surface area contributed by atoms with Crippen molar-refractivity contribution in [2.24, 2.45) is 0 Å². The largest absolute Gasteiger partial charge is 0.393 e. The molecule has 3 aromatic heterocycles. The third-order valence-corrected chi connectivity index (χ3v) is 7.33. The van der Waals surface area contributed by atoms with Crippen molar-refractivity contribution < 1.29 is 14.4 Å². The number of aliphatic hydroxyl groups is 1. The summed E-state index contributed by atoms with van der Waals surface area (Å²) < 4.78 is 14.3. The van der Waals surface area contributed by atoms with Crippen LogP contribution in [0.25, 0.3) is 28.1 Å². The zero-order valence-corrected chi connectivity index (χ0v) is 20.2. The van der Waals surface area contributed by atoms with Gasteiger partial charge in [-0.1, -0.05) is 16.8 Å². The quantitative estimate of drug-likeness (QED) is 0.430. The highest BCUT2D eigenvalue weighted by atomic mass is 35.5. The third-order valence-electron chi connectivity index (χ3n) is 7.02. The lowest BCUT2D eigenvalue weighted by molar-refractivity contribution is 0.0810. The van der Waals surface area contributed by atoms with Gasteiger partial charge in [-0.15, -0.1) is 0 Å². The van der Waals surface area contributed by atoms with Crippen LogP contribution < -0.4 is 5.56 Å². The number of hydrogen-bond acceptors (Lipinski definition) is 9. The fraction of sp³-hybridized carbons (Fsp3) is 0.458. The van der Waals surface area contributed by atoms with E-state index in [1.807, 2.05) is 0 Å². The lowest BCUT2D eigenvalue weighted by atomic mass is 10.1. The number of fused-ring (bicyclic) bond motifs is 3. The smallest absolute Gasteiger partial charge is 0.277 e. The summed E-state index contributed by atoms with van der Waals surface area (Å²) >= 11 is 6.36. The van der Waals surface area contributed by atoms with E-state index in [1.165, 1.54) is 6.33 Å². The second-order valence-electron chi connectivity index (χ2n) is 9.20. The second kappa shape index (κ2) is 9.29. The Labute approximate surface area is 210 Å². The van der Waals surface area contributed by atoms with Crippen LogP contribution in [-0.4, -0.2) is 66.4 Å². The van der Waals surface area contributed by atoms with E-state index in [1.54, 1.807) is 21.1 Å². The average Bonchev–Trinajstić information content (AvgIpc) is 3.65. The molecular weight excluding hydrogens is 486 g/mol. The van der Waals surface area contributed by atoms with E-state index in [0.29, 0.717) is 60.7 Å². The molecule has 12 heteroatoms. The first-order valence-corrected chi connectivity index (χ1v) is 12.4. The molecule has 5 heterocycles. The number of aromatic nitrogens is 5. The summed E-state index contributed by atoms with van der Waals surface area (Å²) in [7, 11) is 0. The van der Waals surface area contributed by atoms with E-state index in [2.05, 4.69) is 26.1 Å². The molecule has 1 unspecified atom stereocenters. The molecule has 0 radical (unpaired) electrons. The lowest BCUT2D eigenvalue weighted by Gasteiger charge is -2.29. The minimum Gasteiger partial charge on any atom is -0.393 e. The number of imidazole rings is 1. The van der Waals surface area contributed by atoms with Gasteiger partial charge in [0.05, 0.1) is 27.7 Å². The summed E-state index contributed by atoms with van der Waals surface area (Å²) in [4.78, 5) is 25.1. The van der Waals surface area contributed by atoms with Crippen molar-refractivity contribution in [3.05, 3.63) is 45.3 Å². The fourth-order valence-corrected chi connectivity index (χ4v) is 5.29. The molecule has 2 aliphatic heterocycles. The Kier molecular flexibility index (Phi) is 5.97. The summed E-state index contributed by atoms with van der Waals surface area (Å²) in [6, 6.07) is 5.58. The van der Waals surface area contributed by atoms with E-state index in [0.717, 1.165) is 25.9 Å². The Morgan fingerprint density at radius 2 is 2.03 bits per heavy atom. The van der Waals surface area contributed by atoms with Crippen LogP contribution in [0.4, 0.5) is 0 Å². The summed E-state index contributed by atoms with van der Waals surface area (Å²) in [5, 5.41) is 24.1. The molecule has 0 saturated carbocycles. The highest BCUT2D eigenvalue weighted by Crippen LogP contribution is 2.31. The molecule has 2 saturated heterocycles. The van der Waals surface area contributed by atoms with Gasteiger partial charge in [-0.05, 0) is 37.8 Å². The van der Waals surface area contributed by atoms with Crippen molar-refractivity contribution in [3.63, 3.8) is 0 Å². The van der Waals surface area contributed by atoms with Crippen LogP contribution in [0.3, 0.4) is 0 Å². The molecule has 186 valence electrons. The van der Waals surface area contributed by atoms with E-state index in [4.69, 9.17) is 20.9 Å². The topological polar surface area (TPSA) is 135 Å². The predicted molar refractivity (Wildman–Crippen MR) is 130 cm³/mol. The van der Waals surface area contributed by atoms with Gasteiger partial charge < -0.3 is 23.8 Å². The van der Waals surface area contributed by atoms with Crippen LogP contribution in [0.5, 0.6) is 0 Å². The van der Waals surface area contributed by atoms with Crippen LogP contribution in [-0.2, 0) is 11.3 Å². The monoisotopic (exact) mass is 509 g/mol. The molecule has 1 aromatic carbocycles. The predicted octanol–water partition coefficient (Wildman–Crippen LogP) is 2.53. The van der Waals surface area contributed by atoms with Crippen molar-refractivity contribution in [2.75, 3.05) is 26.2 Å². The number of piperidine rings is 1. The van der Waals surface area contributed by atoms with Gasteiger partial charge >= 0.3 is 0 Å². The van der Waals surface area contributed by atoms with E-state index >= 15 is 0 Å². The van der Waals surface area contributed by atoms with Gasteiger partial charge in [0.1, 0.15) is 29.7 Å². The van der Waals surface area contributed by atoms with Crippen LogP contribution in [0, 0.1) is 11.3 Å². The number of nitrogens with zero attached hydrogens (tertiary/aromatic N) is 7. The highest BCUT2D eigenvalue weighted by molar-refractivity contribution is 6.32. The molecule has 0 amide bonds. The minimum absolute atomic E-state index is 0.213. The molecule has 11 nitrogen and oxygen atoms in total. The van der Waals surface area contributed by atoms with Gasteiger partial charge in [0.25, 0.3) is 11.4 Å². The summed E-state index contributed by atoms with van der Waals surface area (Å²) in [6.07, 6.45) is 4.11. The van der Waals surface area contributed by atoms with Crippen LogP contribution in [0.2, 0.25) is 5.02 Å². The maximum absolute atomic E-state index is 13.9. The molecule has 36 heavy (non-hydrogen) atoms. The van der Waals surface area contributed by atoms with E-state index in [-0.39, 0.29) is 34.2 Å². The maximum Gasteiger partial charge on any atom is 0.277 e. The average molecular weight is 510 g/mol. The number of ether oxygens (including phenoxy) is 1. The number of halogens is 1. The summed E-state index contributed by atoms with van der Waals surface area (Å²) in [5.41, 5.74) is 1.59. The number of hydrogen-bond donors (Lipinski definition) is 1. The highest BCUT2D eigenvalue weighted by Gasteiger charge is 2.27. The maximum atomic E-state index is 13.9. The molecule has 0 spiro atoms. The molecule has 1 atom stereocenters. The Balaban J connectivity index is 1.49. The first-order chi connectivity index (χ1) is 17.5. The molecule has 1 N–H and O–H groups in total. The number of rotatable bonds is 5. The first-order valence-electron chi connectivity index (χ1n) is 12.0. The molecule has 0 aliphatic carbocycles. The first kappa shape index (κ1) is 23.1. The molecule has 4 aromatic rings. The van der Waals surface area contributed by atoms with Crippen molar-refractivity contribution in [1.82, 2.24) is 29.0 Å². The molecule has 2 fully saturated rings. The van der Waals surface area contributed by atoms with E-state index in [9.17, 15) is 15.2 Å². The Morgan fingerprint density at radius 3 is 2.78 bits per heavy atom. The Hall–Kier alpha value is -3.30. The van der Waals surface area contributed by atoms with Crippen molar-refractivity contribution in [3.8, 4) is 17.6 Å². The van der Waals surface area contributed by atoms with Gasteiger partial charge in [0.2, 0.25) is 5.82 Å². The molecule has 0 bridgehead atoms. The van der Waals surface area contributed by atoms with Gasteiger partial charge in [0.15, 0.2) is 0 Å². The Bertz CT molecular complexity index is 1540. The van der Waals surface area contributed by atoms with Crippen LogP contribution in [0.15, 0.2) is 27.8 Å². The SMILES string of the molecule is N#Cc1c(Cl)ccc2c1n(CCN1CCC(O)CC1)c(=O)c1c(-c3noc(C4CCCO4)n3)ncn12. The van der Waals surface area contributed by atoms with Crippen molar-refractivity contribution in [2.45, 2.75) is 44.4 Å². The Morgan fingerprint density at radius 1 is 1.19 bits per heavy atom. The normalized spacial score (nSPS) is 19.4. The van der Waals surface area contributed by atoms with Crippen LogP contribution >= 0.6 is 11.6 Å². The molecular formula is C24H24ClN7O4. The van der Waals surface area contributed by atoms with E-state index < -0.39 is 0 Å². The van der Waals surface area contributed by atoms with Gasteiger partial charge in [-0.3, -0.25) is 9.20 Å². The second-order valence-corrected chi connectivity index (χ2v) is 9.61.